The molecule has 1 amide bonds. The fraction of sp³-hybridized carbons (Fsp3) is 0.240. The molecule has 9 nitrogen and oxygen atoms in total. The maximum Gasteiger partial charge on any atom is 0.270 e. The van der Waals surface area contributed by atoms with Gasteiger partial charge in [-0.3, -0.25) is 29.1 Å². The van der Waals surface area contributed by atoms with Crippen LogP contribution in [0.15, 0.2) is 83.8 Å². The van der Waals surface area contributed by atoms with Gasteiger partial charge in [0.25, 0.3) is 17.2 Å². The van der Waals surface area contributed by atoms with E-state index in [1.807, 2.05) is 49.3 Å². The number of aromatic nitrogens is 1. The minimum atomic E-state index is -1.50. The summed E-state index contributed by atoms with van der Waals surface area (Å²) >= 11 is 0. The monoisotopic (exact) mass is 462 g/mol. The summed E-state index contributed by atoms with van der Waals surface area (Å²) in [6.07, 6.45) is 1.38. The van der Waals surface area contributed by atoms with Gasteiger partial charge in [-0.2, -0.15) is 0 Å². The van der Waals surface area contributed by atoms with Crippen LogP contribution in [0.25, 0.3) is 0 Å². The van der Waals surface area contributed by atoms with Gasteiger partial charge in [0.1, 0.15) is 0 Å². The molecule has 9 heteroatoms. The molecule has 34 heavy (non-hydrogen) atoms. The first-order valence-electron chi connectivity index (χ1n) is 10.7. The molecular formula is C25H26N4O5. The number of likely N-dealkylation sites (N-methyl/N-ethyl adjacent to an activating group) is 1. The molecule has 0 aliphatic heterocycles. The van der Waals surface area contributed by atoms with Crippen molar-refractivity contribution in [1.82, 2.24) is 14.4 Å². The Morgan fingerprint density at radius 3 is 2.32 bits per heavy atom. The molecule has 0 N–H and O–H groups in total. The number of ketones is 1. The fourth-order valence-electron chi connectivity index (χ4n) is 3.51. The number of rotatable bonds is 10. The lowest BCUT2D eigenvalue weighted by Crippen LogP contribution is -2.45. The number of nitrogens with zero attached hydrogens (tertiary/aromatic N) is 4. The smallest absolute Gasteiger partial charge is 0.270 e. The van der Waals surface area contributed by atoms with Crippen LogP contribution in [0.4, 0.5) is 5.69 Å². The van der Waals surface area contributed by atoms with E-state index in [4.69, 9.17) is 0 Å². The largest absolute Gasteiger partial charge is 0.335 e. The van der Waals surface area contributed by atoms with E-state index in [2.05, 4.69) is 0 Å². The number of hydrogen-bond acceptors (Lipinski definition) is 6. The first-order chi connectivity index (χ1) is 16.3. The molecule has 3 rings (SSSR count). The number of pyridine rings is 1. The highest BCUT2D eigenvalue weighted by Crippen LogP contribution is 2.21. The number of Topliss-reactive ketones (excluding diaryl/α,β-unsaturated/α-hetero) is 1. The number of non-ortho nitro benzene ring substituents is 1. The lowest BCUT2D eigenvalue weighted by atomic mass is 10.0. The summed E-state index contributed by atoms with van der Waals surface area (Å²) < 4.78 is 1.08. The van der Waals surface area contributed by atoms with Crippen LogP contribution in [-0.4, -0.2) is 58.2 Å². The second-order valence-electron chi connectivity index (χ2n) is 8.07. The van der Waals surface area contributed by atoms with Crippen molar-refractivity contribution in [3.8, 4) is 0 Å². The molecule has 3 aromatic rings. The molecule has 2 aromatic carbocycles. The molecule has 0 aliphatic carbocycles. The van der Waals surface area contributed by atoms with Gasteiger partial charge in [0, 0.05) is 49.6 Å². The maximum absolute atomic E-state index is 13.8. The highest BCUT2D eigenvalue weighted by atomic mass is 16.6. The number of hydrogen-bond donors (Lipinski definition) is 0. The van der Waals surface area contributed by atoms with E-state index >= 15 is 0 Å². The zero-order chi connectivity index (χ0) is 24.7. The van der Waals surface area contributed by atoms with Gasteiger partial charge in [0.15, 0.2) is 11.8 Å². The first-order valence-corrected chi connectivity index (χ1v) is 10.7. The van der Waals surface area contributed by atoms with E-state index in [9.17, 15) is 24.5 Å². The lowest BCUT2D eigenvalue weighted by molar-refractivity contribution is -0.384. The van der Waals surface area contributed by atoms with E-state index in [0.717, 1.165) is 16.2 Å². The van der Waals surface area contributed by atoms with Crippen LogP contribution in [0.2, 0.25) is 0 Å². The molecule has 1 heterocycles. The molecule has 1 aromatic heterocycles. The third kappa shape index (κ3) is 6.02. The van der Waals surface area contributed by atoms with E-state index in [1.54, 1.807) is 6.07 Å². The highest BCUT2D eigenvalue weighted by Gasteiger charge is 2.34. The van der Waals surface area contributed by atoms with Gasteiger partial charge < -0.3 is 9.80 Å². The Labute approximate surface area is 197 Å². The van der Waals surface area contributed by atoms with Crippen molar-refractivity contribution < 1.29 is 14.5 Å². The highest BCUT2D eigenvalue weighted by molar-refractivity contribution is 6.12. The molecule has 0 fully saturated rings. The molecule has 0 spiro atoms. The van der Waals surface area contributed by atoms with E-state index in [1.165, 1.54) is 41.4 Å². The molecule has 1 unspecified atom stereocenters. The Kier molecular flexibility index (Phi) is 8.05. The number of amides is 1. The van der Waals surface area contributed by atoms with Crippen LogP contribution >= 0.6 is 0 Å². The number of carbonyl (C=O) groups excluding carboxylic acids is 2. The minimum absolute atomic E-state index is 0.0180. The number of carbonyl (C=O) groups is 2. The second kappa shape index (κ2) is 11.2. The fourth-order valence-corrected chi connectivity index (χ4v) is 3.51. The molecular weight excluding hydrogens is 436 g/mol. The molecule has 0 saturated heterocycles. The van der Waals surface area contributed by atoms with Gasteiger partial charge in [0.05, 0.1) is 4.92 Å². The van der Waals surface area contributed by atoms with Gasteiger partial charge in [-0.15, -0.1) is 0 Å². The summed E-state index contributed by atoms with van der Waals surface area (Å²) in [6.45, 7) is 1.11. The molecule has 176 valence electrons. The molecule has 0 bridgehead atoms. The van der Waals surface area contributed by atoms with Crippen LogP contribution in [-0.2, 0) is 11.3 Å². The average molecular weight is 463 g/mol. The summed E-state index contributed by atoms with van der Waals surface area (Å²) in [5, 5.41) is 11.2. The molecule has 0 aliphatic rings. The van der Waals surface area contributed by atoms with Gasteiger partial charge in [-0.05, 0) is 25.7 Å². The van der Waals surface area contributed by atoms with Crippen molar-refractivity contribution in [3.05, 3.63) is 111 Å². The molecule has 0 radical (unpaired) electrons. The summed E-state index contributed by atoms with van der Waals surface area (Å²) in [4.78, 5) is 54.1. The zero-order valence-electron chi connectivity index (χ0n) is 19.0. The second-order valence-corrected chi connectivity index (χ2v) is 8.07. The van der Waals surface area contributed by atoms with Crippen molar-refractivity contribution >= 4 is 17.4 Å². The number of nitro benzene ring substituents is 1. The van der Waals surface area contributed by atoms with Gasteiger partial charge in [-0.25, -0.2) is 0 Å². The SMILES string of the molecule is CN(C)CCN(Cc1ccccc1)C(=O)C(C(=O)c1cccc([N+](=O)[O-])c1)n1ccccc1=O. The number of benzene rings is 2. The predicted octanol–water partition coefficient (Wildman–Crippen LogP) is 2.77. The van der Waals surface area contributed by atoms with Crippen molar-refractivity contribution in [3.63, 3.8) is 0 Å². The normalized spacial score (nSPS) is 11.7. The van der Waals surface area contributed by atoms with Crippen LogP contribution < -0.4 is 5.56 Å². The van der Waals surface area contributed by atoms with Crippen molar-refractivity contribution in [2.45, 2.75) is 12.6 Å². The topological polar surface area (TPSA) is 106 Å². The lowest BCUT2D eigenvalue weighted by Gasteiger charge is -2.29. The average Bonchev–Trinajstić information content (AvgIpc) is 2.83. The quantitative estimate of drug-likeness (QED) is 0.199. The van der Waals surface area contributed by atoms with Gasteiger partial charge >= 0.3 is 0 Å². The van der Waals surface area contributed by atoms with Crippen molar-refractivity contribution in [1.29, 1.82) is 0 Å². The van der Waals surface area contributed by atoms with E-state index in [0.29, 0.717) is 13.1 Å². The van der Waals surface area contributed by atoms with Gasteiger partial charge in [-0.1, -0.05) is 48.5 Å². The van der Waals surface area contributed by atoms with E-state index < -0.39 is 28.2 Å². The Morgan fingerprint density at radius 1 is 0.971 bits per heavy atom. The Bertz CT molecular complexity index is 1220. The van der Waals surface area contributed by atoms with Gasteiger partial charge in [0.2, 0.25) is 0 Å². The standard InChI is InChI=1S/C25H26N4O5/c1-26(2)15-16-27(18-19-9-4-3-5-10-19)25(32)23(28-14-7-6-13-22(28)30)24(31)20-11-8-12-21(17-20)29(33)34/h3-14,17,23H,15-16,18H2,1-2H3. The number of nitro groups is 1. The van der Waals surface area contributed by atoms with Crippen molar-refractivity contribution in [2.24, 2.45) is 0 Å². The Hall–Kier alpha value is -4.11. The summed E-state index contributed by atoms with van der Waals surface area (Å²) in [6, 6.07) is 17.4. The van der Waals surface area contributed by atoms with Crippen LogP contribution in [0.3, 0.4) is 0 Å². The summed E-state index contributed by atoms with van der Waals surface area (Å²) in [5.41, 5.74) is 0.0604. The van der Waals surface area contributed by atoms with Crippen LogP contribution in [0.5, 0.6) is 0 Å². The molecule has 0 saturated carbocycles. The van der Waals surface area contributed by atoms with Crippen LogP contribution in [0.1, 0.15) is 22.0 Å². The first kappa shape index (κ1) is 24.5. The maximum atomic E-state index is 13.8. The third-order valence-electron chi connectivity index (χ3n) is 5.30. The van der Waals surface area contributed by atoms with Crippen molar-refractivity contribution in [2.75, 3.05) is 27.2 Å². The minimum Gasteiger partial charge on any atom is -0.335 e. The molecule has 1 atom stereocenters. The third-order valence-corrected chi connectivity index (χ3v) is 5.30. The summed E-state index contributed by atoms with van der Waals surface area (Å²) in [5.74, 6) is -1.25. The Balaban J connectivity index is 2.06. The summed E-state index contributed by atoms with van der Waals surface area (Å²) in [7, 11) is 3.75. The van der Waals surface area contributed by atoms with Crippen LogP contribution in [0, 0.1) is 10.1 Å². The van der Waals surface area contributed by atoms with E-state index in [-0.39, 0.29) is 17.8 Å². The predicted molar refractivity (Wildman–Crippen MR) is 128 cm³/mol. The Morgan fingerprint density at radius 2 is 1.68 bits per heavy atom. The zero-order valence-corrected chi connectivity index (χ0v) is 19.0.